The Morgan fingerprint density at radius 1 is 1.26 bits per heavy atom. The van der Waals surface area contributed by atoms with Crippen molar-refractivity contribution in [3.8, 4) is 5.75 Å². The Labute approximate surface area is 160 Å². The predicted octanol–water partition coefficient (Wildman–Crippen LogP) is 2.71. The second kappa shape index (κ2) is 7.74. The number of carbonyl (C=O) groups excluding carboxylic acids is 1. The Balaban J connectivity index is 1.79. The smallest absolute Gasteiger partial charge is 0.272 e. The lowest BCUT2D eigenvalue weighted by Crippen LogP contribution is -2.38. The van der Waals surface area contributed by atoms with Gasteiger partial charge in [-0.05, 0) is 49.1 Å². The molecule has 1 amide bonds. The Hall–Kier alpha value is -2.32. The summed E-state index contributed by atoms with van der Waals surface area (Å²) >= 11 is 0. The van der Waals surface area contributed by atoms with Gasteiger partial charge in [-0.1, -0.05) is 6.92 Å². The van der Waals surface area contributed by atoms with Crippen molar-refractivity contribution in [3.63, 3.8) is 0 Å². The van der Waals surface area contributed by atoms with Crippen LogP contribution in [0.1, 0.15) is 30.3 Å². The molecule has 1 aromatic heterocycles. The lowest BCUT2D eigenvalue weighted by atomic mass is 10.0. The number of anilines is 1. The van der Waals surface area contributed by atoms with Crippen molar-refractivity contribution in [2.45, 2.75) is 24.7 Å². The zero-order chi connectivity index (χ0) is 19.6. The third kappa shape index (κ3) is 4.17. The maximum absolute atomic E-state index is 12.9. The SMILES string of the molecule is COc1ccc(NC(=O)c2cc(S(=O)(=O)N3CCCC(C)C3)cn2C)cc1. The summed E-state index contributed by atoms with van der Waals surface area (Å²) in [5.74, 6) is 0.669. The molecule has 1 fully saturated rings. The van der Waals surface area contributed by atoms with Crippen LogP contribution in [-0.2, 0) is 17.1 Å². The molecule has 2 heterocycles. The number of hydrogen-bond donors (Lipinski definition) is 1. The highest BCUT2D eigenvalue weighted by Gasteiger charge is 2.30. The van der Waals surface area contributed by atoms with Gasteiger partial charge in [0.2, 0.25) is 10.0 Å². The summed E-state index contributed by atoms with van der Waals surface area (Å²) in [4.78, 5) is 12.7. The van der Waals surface area contributed by atoms with E-state index in [4.69, 9.17) is 4.74 Å². The minimum absolute atomic E-state index is 0.152. The van der Waals surface area contributed by atoms with Crippen LogP contribution >= 0.6 is 0 Å². The molecular weight excluding hydrogens is 366 g/mol. The molecule has 1 aliphatic heterocycles. The first-order chi connectivity index (χ1) is 12.8. The van der Waals surface area contributed by atoms with Crippen molar-refractivity contribution in [1.82, 2.24) is 8.87 Å². The number of piperidine rings is 1. The first-order valence-electron chi connectivity index (χ1n) is 8.93. The average molecular weight is 391 g/mol. The van der Waals surface area contributed by atoms with Crippen LogP contribution in [0.15, 0.2) is 41.4 Å². The number of rotatable bonds is 5. The summed E-state index contributed by atoms with van der Waals surface area (Å²) in [6, 6.07) is 8.38. The fourth-order valence-electron chi connectivity index (χ4n) is 3.28. The number of benzene rings is 1. The quantitative estimate of drug-likeness (QED) is 0.850. The summed E-state index contributed by atoms with van der Waals surface area (Å²) < 4.78 is 34.0. The molecule has 2 aromatic rings. The highest BCUT2D eigenvalue weighted by molar-refractivity contribution is 7.89. The molecule has 27 heavy (non-hydrogen) atoms. The van der Waals surface area contributed by atoms with Crippen LogP contribution in [-0.4, -0.2) is 43.4 Å². The number of nitrogens with one attached hydrogen (secondary N) is 1. The predicted molar refractivity (Wildman–Crippen MR) is 104 cm³/mol. The van der Waals surface area contributed by atoms with E-state index in [0.717, 1.165) is 12.8 Å². The molecule has 0 bridgehead atoms. The molecule has 1 aliphatic rings. The second-order valence-electron chi connectivity index (χ2n) is 6.97. The molecule has 3 rings (SSSR count). The first-order valence-corrected chi connectivity index (χ1v) is 10.4. The first kappa shape index (κ1) is 19.4. The number of carbonyl (C=O) groups is 1. The summed E-state index contributed by atoms with van der Waals surface area (Å²) in [6.45, 7) is 3.10. The summed E-state index contributed by atoms with van der Waals surface area (Å²) in [5.41, 5.74) is 0.894. The van der Waals surface area contributed by atoms with Crippen molar-refractivity contribution >= 4 is 21.6 Å². The Kier molecular flexibility index (Phi) is 5.57. The van der Waals surface area contributed by atoms with Crippen molar-refractivity contribution in [3.05, 3.63) is 42.2 Å². The molecule has 0 spiro atoms. The molecule has 1 saturated heterocycles. The largest absolute Gasteiger partial charge is 0.497 e. The number of amides is 1. The fraction of sp³-hybridized carbons (Fsp3) is 0.421. The molecule has 1 aromatic carbocycles. The molecule has 0 saturated carbocycles. The number of sulfonamides is 1. The lowest BCUT2D eigenvalue weighted by Gasteiger charge is -2.29. The molecule has 1 unspecified atom stereocenters. The maximum Gasteiger partial charge on any atom is 0.272 e. The molecule has 0 aliphatic carbocycles. The van der Waals surface area contributed by atoms with Crippen LogP contribution in [0.2, 0.25) is 0 Å². The van der Waals surface area contributed by atoms with Crippen molar-refractivity contribution in [2.24, 2.45) is 13.0 Å². The van der Waals surface area contributed by atoms with Gasteiger partial charge >= 0.3 is 0 Å². The summed E-state index contributed by atoms with van der Waals surface area (Å²) in [6.07, 6.45) is 3.39. The Morgan fingerprint density at radius 2 is 1.96 bits per heavy atom. The standard InChI is InChI=1S/C19H25N3O4S/c1-14-5-4-10-22(12-14)27(24,25)17-11-18(21(2)13-17)19(23)20-15-6-8-16(26-3)9-7-15/h6-9,11,13-14H,4-5,10,12H2,1-3H3,(H,20,23). The zero-order valence-electron chi connectivity index (χ0n) is 15.8. The van der Waals surface area contributed by atoms with Crippen molar-refractivity contribution < 1.29 is 17.9 Å². The van der Waals surface area contributed by atoms with E-state index >= 15 is 0 Å². The van der Waals surface area contributed by atoms with Crippen LogP contribution in [0.3, 0.4) is 0 Å². The van der Waals surface area contributed by atoms with E-state index in [1.807, 2.05) is 0 Å². The third-order valence-corrected chi connectivity index (χ3v) is 6.65. The Bertz CT molecular complexity index is 919. The van der Waals surface area contributed by atoms with Crippen LogP contribution in [0.5, 0.6) is 5.75 Å². The molecule has 1 N–H and O–H groups in total. The number of aromatic nitrogens is 1. The topological polar surface area (TPSA) is 80.6 Å². The van der Waals surface area contributed by atoms with E-state index in [2.05, 4.69) is 12.2 Å². The zero-order valence-corrected chi connectivity index (χ0v) is 16.6. The van der Waals surface area contributed by atoms with Crippen molar-refractivity contribution in [1.29, 1.82) is 0 Å². The monoisotopic (exact) mass is 391 g/mol. The number of aryl methyl sites for hydroxylation is 1. The van der Waals surface area contributed by atoms with Crippen LogP contribution in [0.25, 0.3) is 0 Å². The number of hydrogen-bond acceptors (Lipinski definition) is 4. The van der Waals surface area contributed by atoms with E-state index in [1.165, 1.54) is 16.6 Å². The number of nitrogens with zero attached hydrogens (tertiary/aromatic N) is 2. The van der Waals surface area contributed by atoms with Gasteiger partial charge < -0.3 is 14.6 Å². The lowest BCUT2D eigenvalue weighted by molar-refractivity contribution is 0.101. The summed E-state index contributed by atoms with van der Waals surface area (Å²) in [7, 11) is -0.357. The second-order valence-corrected chi connectivity index (χ2v) is 8.90. The highest BCUT2D eigenvalue weighted by atomic mass is 32.2. The highest BCUT2D eigenvalue weighted by Crippen LogP contribution is 2.25. The van der Waals surface area contributed by atoms with Gasteiger partial charge in [0, 0.05) is 32.0 Å². The fourth-order valence-corrected chi connectivity index (χ4v) is 4.95. The van der Waals surface area contributed by atoms with Gasteiger partial charge in [0.25, 0.3) is 5.91 Å². The Morgan fingerprint density at radius 3 is 2.59 bits per heavy atom. The van der Waals surface area contributed by atoms with Crippen molar-refractivity contribution in [2.75, 3.05) is 25.5 Å². The molecular formula is C19H25N3O4S. The van der Waals surface area contributed by atoms with E-state index in [-0.39, 0.29) is 16.5 Å². The summed E-state index contributed by atoms with van der Waals surface area (Å²) in [5, 5.41) is 2.78. The molecule has 146 valence electrons. The van der Waals surface area contributed by atoms with E-state index in [0.29, 0.717) is 30.4 Å². The van der Waals surface area contributed by atoms with Crippen LogP contribution < -0.4 is 10.1 Å². The van der Waals surface area contributed by atoms with Crippen LogP contribution in [0.4, 0.5) is 5.69 Å². The minimum atomic E-state index is -3.60. The van der Waals surface area contributed by atoms with Crippen LogP contribution in [0, 0.1) is 5.92 Å². The molecule has 1 atom stereocenters. The molecule has 7 nitrogen and oxygen atoms in total. The van der Waals surface area contributed by atoms with Gasteiger partial charge in [0.1, 0.15) is 16.3 Å². The third-order valence-electron chi connectivity index (χ3n) is 4.82. The molecule has 0 radical (unpaired) electrons. The minimum Gasteiger partial charge on any atom is -0.497 e. The van der Waals surface area contributed by atoms with Gasteiger partial charge in [-0.3, -0.25) is 4.79 Å². The maximum atomic E-state index is 12.9. The van der Waals surface area contributed by atoms with Gasteiger partial charge in [0.15, 0.2) is 0 Å². The van der Waals surface area contributed by atoms with E-state index in [1.54, 1.807) is 43.0 Å². The average Bonchev–Trinajstić information content (AvgIpc) is 3.05. The van der Waals surface area contributed by atoms with Gasteiger partial charge in [-0.15, -0.1) is 0 Å². The van der Waals surface area contributed by atoms with Gasteiger partial charge in [-0.25, -0.2) is 8.42 Å². The van der Waals surface area contributed by atoms with Gasteiger partial charge in [-0.2, -0.15) is 4.31 Å². The number of ether oxygens (including phenoxy) is 1. The van der Waals surface area contributed by atoms with Gasteiger partial charge in [0.05, 0.1) is 7.11 Å². The molecule has 8 heteroatoms. The van der Waals surface area contributed by atoms with E-state index in [9.17, 15) is 13.2 Å². The normalized spacial score (nSPS) is 18.3. The number of methoxy groups -OCH3 is 1. The van der Waals surface area contributed by atoms with E-state index < -0.39 is 10.0 Å².